The van der Waals surface area contributed by atoms with Crippen LogP contribution in [0.1, 0.15) is 30.2 Å². The van der Waals surface area contributed by atoms with E-state index in [2.05, 4.69) is 4.98 Å². The first-order chi connectivity index (χ1) is 6.31. The summed E-state index contributed by atoms with van der Waals surface area (Å²) in [5, 5.41) is 0.579. The zero-order valence-corrected chi connectivity index (χ0v) is 8.34. The first kappa shape index (κ1) is 8.97. The Hall–Kier alpha value is -0.600. The summed E-state index contributed by atoms with van der Waals surface area (Å²) in [5.74, 6) is 0. The third-order valence-electron chi connectivity index (χ3n) is 2.49. The number of aromatic nitrogens is 1. The molecule has 1 heterocycles. The second-order valence-corrected chi connectivity index (χ2v) is 3.67. The molecule has 0 aliphatic heterocycles. The molecule has 0 bridgehead atoms. The van der Waals surface area contributed by atoms with Crippen molar-refractivity contribution < 1.29 is 4.74 Å². The molecule has 0 saturated carbocycles. The lowest BCUT2D eigenvalue weighted by atomic mass is 9.93. The third kappa shape index (κ3) is 1.69. The van der Waals surface area contributed by atoms with Crippen molar-refractivity contribution in [3.05, 3.63) is 28.5 Å². The quantitative estimate of drug-likeness (QED) is 0.646. The molecule has 2 nitrogen and oxygen atoms in total. The molecule has 1 aromatic rings. The lowest BCUT2D eigenvalue weighted by Crippen LogP contribution is -2.12. The average Bonchev–Trinajstić information content (AvgIpc) is 2.16. The van der Waals surface area contributed by atoms with Crippen LogP contribution in [0.2, 0.25) is 5.15 Å². The van der Waals surface area contributed by atoms with Gasteiger partial charge in [0.2, 0.25) is 0 Å². The van der Waals surface area contributed by atoms with Gasteiger partial charge in [0.1, 0.15) is 5.15 Å². The summed E-state index contributed by atoms with van der Waals surface area (Å²) >= 11 is 5.82. The topological polar surface area (TPSA) is 22.1 Å². The molecule has 0 aromatic carbocycles. The van der Waals surface area contributed by atoms with Gasteiger partial charge in [-0.15, -0.1) is 0 Å². The van der Waals surface area contributed by atoms with E-state index in [0.29, 0.717) is 5.15 Å². The second kappa shape index (κ2) is 3.64. The normalized spacial score (nSPS) is 21.2. The number of methoxy groups -OCH3 is 1. The van der Waals surface area contributed by atoms with Crippen LogP contribution in [0, 0.1) is 0 Å². The molecular weight excluding hydrogens is 186 g/mol. The van der Waals surface area contributed by atoms with Crippen LogP contribution in [-0.2, 0) is 11.2 Å². The standard InChI is InChI=1S/C10H12ClNO/c1-13-9-4-2-3-8-7(9)5-6-10(11)12-8/h5-6,9H,2-4H2,1H3. The van der Waals surface area contributed by atoms with E-state index in [-0.39, 0.29) is 6.10 Å². The molecule has 1 atom stereocenters. The van der Waals surface area contributed by atoms with Crippen molar-refractivity contribution in [2.24, 2.45) is 0 Å². The minimum Gasteiger partial charge on any atom is -0.377 e. The van der Waals surface area contributed by atoms with Crippen LogP contribution >= 0.6 is 11.6 Å². The molecule has 0 spiro atoms. The maximum atomic E-state index is 5.82. The zero-order chi connectivity index (χ0) is 9.26. The van der Waals surface area contributed by atoms with Crippen molar-refractivity contribution in [3.8, 4) is 0 Å². The van der Waals surface area contributed by atoms with Crippen molar-refractivity contribution >= 4 is 11.6 Å². The fraction of sp³-hybridized carbons (Fsp3) is 0.500. The second-order valence-electron chi connectivity index (χ2n) is 3.29. The highest BCUT2D eigenvalue weighted by atomic mass is 35.5. The van der Waals surface area contributed by atoms with E-state index >= 15 is 0 Å². The van der Waals surface area contributed by atoms with Crippen molar-refractivity contribution in [1.82, 2.24) is 4.98 Å². The van der Waals surface area contributed by atoms with E-state index in [1.54, 1.807) is 7.11 Å². The van der Waals surface area contributed by atoms with Gasteiger partial charge in [0.25, 0.3) is 0 Å². The number of nitrogens with zero attached hydrogens (tertiary/aromatic N) is 1. The van der Waals surface area contributed by atoms with E-state index in [9.17, 15) is 0 Å². The van der Waals surface area contributed by atoms with Crippen LogP contribution in [0.3, 0.4) is 0 Å². The molecule has 0 radical (unpaired) electrons. The number of hydrogen-bond acceptors (Lipinski definition) is 2. The van der Waals surface area contributed by atoms with Crippen molar-refractivity contribution in [2.45, 2.75) is 25.4 Å². The first-order valence-electron chi connectivity index (χ1n) is 4.49. The molecule has 1 unspecified atom stereocenters. The molecule has 0 fully saturated rings. The molecule has 70 valence electrons. The van der Waals surface area contributed by atoms with Gasteiger partial charge in [-0.25, -0.2) is 4.98 Å². The van der Waals surface area contributed by atoms with Crippen LogP contribution < -0.4 is 0 Å². The van der Waals surface area contributed by atoms with Crippen LogP contribution in [0.5, 0.6) is 0 Å². The van der Waals surface area contributed by atoms with E-state index in [0.717, 1.165) is 25.0 Å². The third-order valence-corrected chi connectivity index (χ3v) is 2.70. The summed E-state index contributed by atoms with van der Waals surface area (Å²) in [6.07, 6.45) is 3.47. The van der Waals surface area contributed by atoms with Gasteiger partial charge in [0.15, 0.2) is 0 Å². The molecule has 0 N–H and O–H groups in total. The predicted octanol–water partition coefficient (Wildman–Crippen LogP) is 2.76. The summed E-state index contributed by atoms with van der Waals surface area (Å²) in [7, 11) is 1.74. The number of aryl methyl sites for hydroxylation is 1. The molecule has 1 aromatic heterocycles. The Balaban J connectivity index is 2.40. The van der Waals surface area contributed by atoms with Gasteiger partial charge in [-0.1, -0.05) is 17.7 Å². The number of pyridine rings is 1. The van der Waals surface area contributed by atoms with Gasteiger partial charge in [-0.05, 0) is 25.3 Å². The Morgan fingerprint density at radius 1 is 1.54 bits per heavy atom. The van der Waals surface area contributed by atoms with Gasteiger partial charge in [-0.2, -0.15) is 0 Å². The highest BCUT2D eigenvalue weighted by Crippen LogP contribution is 2.31. The zero-order valence-electron chi connectivity index (χ0n) is 7.59. The fourth-order valence-corrected chi connectivity index (χ4v) is 2.00. The number of halogens is 1. The van der Waals surface area contributed by atoms with Gasteiger partial charge >= 0.3 is 0 Å². The molecular formula is C10H12ClNO. The minimum atomic E-state index is 0.216. The molecule has 3 heteroatoms. The summed E-state index contributed by atoms with van der Waals surface area (Å²) in [6, 6.07) is 3.86. The fourth-order valence-electron chi connectivity index (χ4n) is 1.83. The van der Waals surface area contributed by atoms with Crippen molar-refractivity contribution in [1.29, 1.82) is 0 Å². The van der Waals surface area contributed by atoms with Crippen LogP contribution in [0.4, 0.5) is 0 Å². The van der Waals surface area contributed by atoms with Crippen LogP contribution in [0.15, 0.2) is 12.1 Å². The molecule has 1 aliphatic carbocycles. The minimum absolute atomic E-state index is 0.216. The lowest BCUT2D eigenvalue weighted by Gasteiger charge is -2.23. The number of fused-ring (bicyclic) bond motifs is 1. The monoisotopic (exact) mass is 197 g/mol. The smallest absolute Gasteiger partial charge is 0.129 e. The Kier molecular flexibility index (Phi) is 2.51. The lowest BCUT2D eigenvalue weighted by molar-refractivity contribution is 0.0874. The molecule has 0 amide bonds. The molecule has 0 saturated heterocycles. The van der Waals surface area contributed by atoms with E-state index in [4.69, 9.17) is 16.3 Å². The number of ether oxygens (including phenoxy) is 1. The summed E-state index contributed by atoms with van der Waals surface area (Å²) < 4.78 is 5.37. The Morgan fingerprint density at radius 2 is 2.38 bits per heavy atom. The number of hydrogen-bond donors (Lipinski definition) is 0. The summed E-state index contributed by atoms with van der Waals surface area (Å²) in [4.78, 5) is 4.30. The maximum absolute atomic E-state index is 5.82. The van der Waals surface area contributed by atoms with E-state index in [1.807, 2.05) is 12.1 Å². The van der Waals surface area contributed by atoms with E-state index in [1.165, 1.54) is 5.56 Å². The molecule has 1 aliphatic rings. The van der Waals surface area contributed by atoms with Crippen molar-refractivity contribution in [2.75, 3.05) is 7.11 Å². The first-order valence-corrected chi connectivity index (χ1v) is 4.87. The Labute approximate surface area is 82.9 Å². The molecule has 2 rings (SSSR count). The maximum Gasteiger partial charge on any atom is 0.129 e. The largest absolute Gasteiger partial charge is 0.377 e. The van der Waals surface area contributed by atoms with Gasteiger partial charge in [0, 0.05) is 18.4 Å². The molecule has 13 heavy (non-hydrogen) atoms. The highest BCUT2D eigenvalue weighted by molar-refractivity contribution is 6.29. The van der Waals surface area contributed by atoms with Crippen LogP contribution in [-0.4, -0.2) is 12.1 Å². The summed E-state index contributed by atoms with van der Waals surface area (Å²) in [5.41, 5.74) is 2.31. The van der Waals surface area contributed by atoms with Gasteiger partial charge < -0.3 is 4.74 Å². The average molecular weight is 198 g/mol. The highest BCUT2D eigenvalue weighted by Gasteiger charge is 2.20. The van der Waals surface area contributed by atoms with Gasteiger partial charge in [-0.3, -0.25) is 0 Å². The summed E-state index contributed by atoms with van der Waals surface area (Å²) in [6.45, 7) is 0. The van der Waals surface area contributed by atoms with Gasteiger partial charge in [0.05, 0.1) is 6.10 Å². The van der Waals surface area contributed by atoms with Crippen molar-refractivity contribution in [3.63, 3.8) is 0 Å². The Morgan fingerprint density at radius 3 is 3.15 bits per heavy atom. The number of rotatable bonds is 1. The van der Waals surface area contributed by atoms with E-state index < -0.39 is 0 Å². The SMILES string of the molecule is COC1CCCc2nc(Cl)ccc21. The Bertz CT molecular complexity index is 314. The van der Waals surface area contributed by atoms with Crippen LogP contribution in [0.25, 0.3) is 0 Å². The predicted molar refractivity (Wildman–Crippen MR) is 51.9 cm³/mol.